The molecule has 0 saturated carbocycles. The van der Waals surface area contributed by atoms with Gasteiger partial charge in [-0.3, -0.25) is 9.59 Å². The molecule has 2 atom stereocenters. The van der Waals surface area contributed by atoms with Crippen LogP contribution in [-0.2, 0) is 14.3 Å². The normalized spacial score (nSPS) is 21.4. The van der Waals surface area contributed by atoms with Crippen LogP contribution < -0.4 is 9.47 Å². The van der Waals surface area contributed by atoms with Gasteiger partial charge in [0, 0.05) is 18.7 Å². The summed E-state index contributed by atoms with van der Waals surface area (Å²) in [4.78, 5) is 28.2. The number of Topliss-reactive ketones (excluding diaryl/α,β-unsaturated/α-hetero) is 1. The number of carbonyl (C=O) groups is 2. The van der Waals surface area contributed by atoms with Crippen molar-refractivity contribution in [3.8, 4) is 11.5 Å². The summed E-state index contributed by atoms with van der Waals surface area (Å²) in [5.41, 5.74) is 2.17. The molecule has 2 heterocycles. The number of rotatable bonds is 9. The minimum absolute atomic E-state index is 0.0745. The molecule has 2 unspecified atom stereocenters. The maximum absolute atomic E-state index is 13.4. The van der Waals surface area contributed by atoms with Crippen molar-refractivity contribution >= 4 is 17.4 Å². The Kier molecular flexibility index (Phi) is 7.99. The van der Waals surface area contributed by atoms with E-state index >= 15 is 0 Å². The number of ketones is 1. The van der Waals surface area contributed by atoms with E-state index in [2.05, 4.69) is 0 Å². The molecule has 7 heteroatoms. The van der Waals surface area contributed by atoms with Crippen LogP contribution in [0.25, 0.3) is 5.76 Å². The second kappa shape index (κ2) is 11.2. The molecule has 2 aliphatic rings. The molecule has 2 aromatic rings. The van der Waals surface area contributed by atoms with E-state index in [0.717, 1.165) is 24.2 Å². The van der Waals surface area contributed by atoms with E-state index in [1.165, 1.54) is 4.90 Å². The quantitative estimate of drug-likeness (QED) is 0.293. The number of hydrogen-bond donors (Lipinski definition) is 1. The number of aliphatic hydroxyl groups excluding tert-OH is 1. The van der Waals surface area contributed by atoms with Gasteiger partial charge in [-0.15, -0.1) is 0 Å². The molecule has 2 aliphatic heterocycles. The lowest BCUT2D eigenvalue weighted by molar-refractivity contribution is -0.140. The lowest BCUT2D eigenvalue weighted by Gasteiger charge is -2.27. The van der Waals surface area contributed by atoms with E-state index in [-0.39, 0.29) is 29.9 Å². The van der Waals surface area contributed by atoms with Crippen LogP contribution in [0, 0.1) is 0 Å². The molecule has 2 fully saturated rings. The van der Waals surface area contributed by atoms with Crippen molar-refractivity contribution in [3.05, 3.63) is 64.7 Å². The van der Waals surface area contributed by atoms with E-state index in [9.17, 15) is 14.7 Å². The average Bonchev–Trinajstić information content (AvgIpc) is 3.47. The Morgan fingerprint density at radius 2 is 1.89 bits per heavy atom. The van der Waals surface area contributed by atoms with Crippen molar-refractivity contribution in [3.63, 3.8) is 0 Å². The highest BCUT2D eigenvalue weighted by molar-refractivity contribution is 6.46. The van der Waals surface area contributed by atoms with Gasteiger partial charge in [-0.25, -0.2) is 0 Å². The third-order valence-corrected chi connectivity index (χ3v) is 6.65. The summed E-state index contributed by atoms with van der Waals surface area (Å²) in [6.45, 7) is 9.84. The highest BCUT2D eigenvalue weighted by Gasteiger charge is 2.47. The fraction of sp³-hybridized carbons (Fsp3) is 0.448. The number of likely N-dealkylation sites (tertiary alicyclic amines) is 1. The van der Waals surface area contributed by atoms with Gasteiger partial charge in [-0.1, -0.05) is 26.0 Å². The van der Waals surface area contributed by atoms with Crippen LogP contribution in [0.15, 0.2) is 48.0 Å². The average molecular weight is 494 g/mol. The highest BCUT2D eigenvalue weighted by Crippen LogP contribution is 2.41. The maximum atomic E-state index is 13.4. The Morgan fingerprint density at radius 1 is 1.11 bits per heavy atom. The molecule has 2 saturated heterocycles. The van der Waals surface area contributed by atoms with Crippen LogP contribution in [0.4, 0.5) is 0 Å². The molecule has 0 bridgehead atoms. The highest BCUT2D eigenvalue weighted by atomic mass is 16.5. The summed E-state index contributed by atoms with van der Waals surface area (Å²) < 4.78 is 17.2. The number of aliphatic hydroxyl groups is 1. The lowest BCUT2D eigenvalue weighted by atomic mass is 9.93. The molecule has 0 radical (unpaired) electrons. The first kappa shape index (κ1) is 25.8. The molecule has 4 rings (SSSR count). The third-order valence-electron chi connectivity index (χ3n) is 6.65. The fourth-order valence-electron chi connectivity index (χ4n) is 4.95. The van der Waals surface area contributed by atoms with Crippen LogP contribution >= 0.6 is 0 Å². The van der Waals surface area contributed by atoms with Gasteiger partial charge in [-0.2, -0.15) is 0 Å². The Labute approximate surface area is 212 Å². The van der Waals surface area contributed by atoms with Crippen LogP contribution in [0.2, 0.25) is 0 Å². The van der Waals surface area contributed by atoms with Gasteiger partial charge in [0.2, 0.25) is 0 Å². The van der Waals surface area contributed by atoms with Gasteiger partial charge in [0.25, 0.3) is 11.7 Å². The molecule has 2 aromatic carbocycles. The number of ether oxygens (including phenoxy) is 3. The van der Waals surface area contributed by atoms with Crippen molar-refractivity contribution in [1.82, 2.24) is 4.90 Å². The number of nitrogens with zero attached hydrogens (tertiary/aromatic N) is 1. The molecule has 1 amide bonds. The second-order valence-electron chi connectivity index (χ2n) is 9.43. The molecule has 0 aromatic heterocycles. The Hall–Kier alpha value is -3.32. The first-order valence-electron chi connectivity index (χ1n) is 12.8. The lowest BCUT2D eigenvalue weighted by Crippen LogP contribution is -2.36. The molecule has 0 spiro atoms. The van der Waals surface area contributed by atoms with E-state index in [1.54, 1.807) is 12.1 Å². The molecular formula is C29H35NO6. The number of carbonyl (C=O) groups excluding carboxylic acids is 2. The van der Waals surface area contributed by atoms with Crippen molar-refractivity contribution in [2.75, 3.05) is 26.4 Å². The monoisotopic (exact) mass is 493 g/mol. The summed E-state index contributed by atoms with van der Waals surface area (Å²) >= 11 is 0. The Bertz CT molecular complexity index is 1150. The fourth-order valence-corrected chi connectivity index (χ4v) is 4.95. The van der Waals surface area contributed by atoms with Gasteiger partial charge < -0.3 is 24.2 Å². The van der Waals surface area contributed by atoms with Crippen molar-refractivity contribution in [1.29, 1.82) is 0 Å². The maximum Gasteiger partial charge on any atom is 0.295 e. The predicted molar refractivity (Wildman–Crippen MR) is 137 cm³/mol. The van der Waals surface area contributed by atoms with Gasteiger partial charge in [0.1, 0.15) is 17.3 Å². The topological polar surface area (TPSA) is 85.3 Å². The minimum atomic E-state index is -0.747. The number of benzene rings is 2. The largest absolute Gasteiger partial charge is 0.507 e. The predicted octanol–water partition coefficient (Wildman–Crippen LogP) is 5.21. The van der Waals surface area contributed by atoms with Crippen LogP contribution in [0.3, 0.4) is 0 Å². The molecule has 36 heavy (non-hydrogen) atoms. The van der Waals surface area contributed by atoms with E-state index in [0.29, 0.717) is 36.7 Å². The Morgan fingerprint density at radius 3 is 2.56 bits per heavy atom. The summed E-state index contributed by atoms with van der Waals surface area (Å²) in [6.07, 6.45) is 1.60. The third kappa shape index (κ3) is 5.12. The van der Waals surface area contributed by atoms with E-state index in [4.69, 9.17) is 14.2 Å². The summed E-state index contributed by atoms with van der Waals surface area (Å²) in [7, 11) is 0. The minimum Gasteiger partial charge on any atom is -0.507 e. The van der Waals surface area contributed by atoms with Crippen molar-refractivity contribution < 1.29 is 28.9 Å². The van der Waals surface area contributed by atoms with E-state index in [1.807, 2.05) is 58.0 Å². The number of amides is 1. The zero-order chi connectivity index (χ0) is 25.8. The van der Waals surface area contributed by atoms with Gasteiger partial charge in [0.05, 0.1) is 30.9 Å². The molecule has 7 nitrogen and oxygen atoms in total. The SMILES string of the molecule is CCOc1cccc(C2/C(=C(\O)c3ccc(OCC)c(C(C)C)c3)C(=O)C(=O)N2CC2CCCO2)c1. The van der Waals surface area contributed by atoms with Crippen LogP contribution in [0.1, 0.15) is 69.2 Å². The first-order valence-corrected chi connectivity index (χ1v) is 12.8. The summed E-state index contributed by atoms with van der Waals surface area (Å²) in [6, 6.07) is 12.0. The molecule has 1 N–H and O–H groups in total. The standard InChI is InChI=1S/C29H35NO6/c1-5-34-21-10-7-9-19(15-21)26-25(28(32)29(33)30(26)17-22-11-8-14-36-22)27(31)20-12-13-24(35-6-2)23(16-20)18(3)4/h7,9-10,12-13,15-16,18,22,26,31H,5-6,8,11,14,17H2,1-4H3/b27-25+. The van der Waals surface area contributed by atoms with Crippen LogP contribution in [-0.4, -0.2) is 54.2 Å². The smallest absolute Gasteiger partial charge is 0.295 e. The van der Waals surface area contributed by atoms with Gasteiger partial charge >= 0.3 is 0 Å². The second-order valence-corrected chi connectivity index (χ2v) is 9.43. The van der Waals surface area contributed by atoms with Crippen LogP contribution in [0.5, 0.6) is 11.5 Å². The molecule has 0 aliphatic carbocycles. The number of hydrogen-bond acceptors (Lipinski definition) is 6. The molecule has 192 valence electrons. The van der Waals surface area contributed by atoms with E-state index < -0.39 is 17.7 Å². The summed E-state index contributed by atoms with van der Waals surface area (Å²) in [5, 5.41) is 11.5. The van der Waals surface area contributed by atoms with Crippen molar-refractivity contribution in [2.45, 2.75) is 58.6 Å². The van der Waals surface area contributed by atoms with Gasteiger partial charge in [0.15, 0.2) is 0 Å². The first-order chi connectivity index (χ1) is 17.3. The Balaban J connectivity index is 1.84. The zero-order valence-corrected chi connectivity index (χ0v) is 21.5. The van der Waals surface area contributed by atoms with Gasteiger partial charge in [-0.05, 0) is 74.1 Å². The summed E-state index contributed by atoms with van der Waals surface area (Å²) in [5.74, 6) is -0.00395. The zero-order valence-electron chi connectivity index (χ0n) is 21.5. The van der Waals surface area contributed by atoms with Crippen molar-refractivity contribution in [2.24, 2.45) is 0 Å². The molecular weight excluding hydrogens is 458 g/mol.